The summed E-state index contributed by atoms with van der Waals surface area (Å²) in [7, 11) is 0. The molecule has 0 aliphatic heterocycles. The lowest BCUT2D eigenvalue weighted by atomic mass is 10.0. The smallest absolute Gasteiger partial charge is 0.0322 e. The van der Waals surface area contributed by atoms with Gasteiger partial charge in [0.1, 0.15) is 0 Å². The van der Waals surface area contributed by atoms with Crippen LogP contribution < -0.4 is 5.32 Å². The third-order valence-corrected chi connectivity index (χ3v) is 3.30. The van der Waals surface area contributed by atoms with Crippen molar-refractivity contribution in [2.75, 3.05) is 0 Å². The predicted octanol–water partition coefficient (Wildman–Crippen LogP) is 3.53. The fraction of sp³-hybridized carbons (Fsp3) is 0.571. The molecule has 82 valence electrons. The molecule has 0 bridgehead atoms. The lowest BCUT2D eigenvalue weighted by Crippen LogP contribution is -2.24. The molecule has 0 amide bonds. The van der Waals surface area contributed by atoms with Crippen molar-refractivity contribution in [1.82, 2.24) is 5.32 Å². The Morgan fingerprint density at radius 1 is 1.33 bits per heavy atom. The van der Waals surface area contributed by atoms with E-state index < -0.39 is 0 Å². The van der Waals surface area contributed by atoms with Crippen LogP contribution in [0.2, 0.25) is 0 Å². The minimum atomic E-state index is 0.561. The van der Waals surface area contributed by atoms with E-state index in [2.05, 4.69) is 49.5 Å². The molecule has 0 radical (unpaired) electrons. The molecule has 3 atom stereocenters. The highest BCUT2D eigenvalue weighted by Gasteiger charge is 2.33. The summed E-state index contributed by atoms with van der Waals surface area (Å²) >= 11 is 0. The summed E-state index contributed by atoms with van der Waals surface area (Å²) in [5, 5.41) is 3.76. The van der Waals surface area contributed by atoms with Crippen LogP contribution >= 0.6 is 0 Å². The largest absolute Gasteiger partial charge is 0.307 e. The second kappa shape index (κ2) is 4.80. The summed E-state index contributed by atoms with van der Waals surface area (Å²) in [4.78, 5) is 0. The van der Waals surface area contributed by atoms with Crippen LogP contribution in [0.3, 0.4) is 0 Å². The van der Waals surface area contributed by atoms with E-state index >= 15 is 0 Å². The third-order valence-electron chi connectivity index (χ3n) is 3.30. The number of nitrogens with one attached hydrogen (secondary N) is 1. The van der Waals surface area contributed by atoms with Crippen molar-refractivity contribution in [2.45, 2.75) is 45.2 Å². The summed E-state index contributed by atoms with van der Waals surface area (Å²) < 4.78 is 0. The maximum absolute atomic E-state index is 3.76. The molecular formula is C14H21N. The van der Waals surface area contributed by atoms with Crippen molar-refractivity contribution >= 4 is 0 Å². The SMILES string of the molecule is CCCC(NC1CC1C)c1ccccc1. The first-order valence-electron chi connectivity index (χ1n) is 6.12. The van der Waals surface area contributed by atoms with Gasteiger partial charge in [0.25, 0.3) is 0 Å². The quantitative estimate of drug-likeness (QED) is 0.772. The lowest BCUT2D eigenvalue weighted by Gasteiger charge is -2.18. The molecule has 1 aromatic carbocycles. The molecular weight excluding hydrogens is 182 g/mol. The average Bonchev–Trinajstić information content (AvgIpc) is 2.95. The van der Waals surface area contributed by atoms with Gasteiger partial charge in [-0.3, -0.25) is 0 Å². The number of benzene rings is 1. The van der Waals surface area contributed by atoms with Gasteiger partial charge in [0, 0.05) is 12.1 Å². The Labute approximate surface area is 92.9 Å². The summed E-state index contributed by atoms with van der Waals surface area (Å²) in [6.45, 7) is 4.58. The number of rotatable bonds is 5. The van der Waals surface area contributed by atoms with Crippen LogP contribution in [0.25, 0.3) is 0 Å². The lowest BCUT2D eigenvalue weighted by molar-refractivity contribution is 0.480. The molecule has 15 heavy (non-hydrogen) atoms. The fourth-order valence-corrected chi connectivity index (χ4v) is 2.13. The Hall–Kier alpha value is -0.820. The number of hydrogen-bond donors (Lipinski definition) is 1. The molecule has 1 saturated carbocycles. The minimum absolute atomic E-state index is 0.561. The molecule has 1 aromatic rings. The van der Waals surface area contributed by atoms with E-state index in [1.54, 1.807) is 0 Å². The van der Waals surface area contributed by atoms with Gasteiger partial charge >= 0.3 is 0 Å². The zero-order valence-corrected chi connectivity index (χ0v) is 9.74. The van der Waals surface area contributed by atoms with Crippen molar-refractivity contribution in [3.63, 3.8) is 0 Å². The Morgan fingerprint density at radius 2 is 2.00 bits per heavy atom. The standard InChI is InChI=1S/C14H21N/c1-3-7-13(15-14-10-11(14)2)12-8-5-4-6-9-12/h4-6,8-9,11,13-15H,3,7,10H2,1-2H3. The van der Waals surface area contributed by atoms with Crippen molar-refractivity contribution in [3.05, 3.63) is 35.9 Å². The zero-order chi connectivity index (χ0) is 10.7. The molecule has 0 spiro atoms. The molecule has 1 N–H and O–H groups in total. The second-order valence-corrected chi connectivity index (χ2v) is 4.74. The van der Waals surface area contributed by atoms with E-state index in [-0.39, 0.29) is 0 Å². The van der Waals surface area contributed by atoms with E-state index in [1.165, 1.54) is 24.8 Å². The van der Waals surface area contributed by atoms with Gasteiger partial charge in [0.15, 0.2) is 0 Å². The molecule has 1 aliphatic carbocycles. The highest BCUT2D eigenvalue weighted by Crippen LogP contribution is 2.32. The van der Waals surface area contributed by atoms with E-state index in [1.807, 2.05) is 0 Å². The van der Waals surface area contributed by atoms with E-state index in [0.29, 0.717) is 6.04 Å². The van der Waals surface area contributed by atoms with Crippen molar-refractivity contribution < 1.29 is 0 Å². The third kappa shape index (κ3) is 2.82. The minimum Gasteiger partial charge on any atom is -0.307 e. The van der Waals surface area contributed by atoms with Gasteiger partial charge in [0.2, 0.25) is 0 Å². The Balaban J connectivity index is 1.99. The van der Waals surface area contributed by atoms with Crippen LogP contribution in [-0.2, 0) is 0 Å². The van der Waals surface area contributed by atoms with Crippen LogP contribution in [0.15, 0.2) is 30.3 Å². The van der Waals surface area contributed by atoms with E-state index in [0.717, 1.165) is 12.0 Å². The fourth-order valence-electron chi connectivity index (χ4n) is 2.13. The maximum atomic E-state index is 3.76. The Kier molecular flexibility index (Phi) is 3.42. The first-order valence-corrected chi connectivity index (χ1v) is 6.12. The summed E-state index contributed by atoms with van der Waals surface area (Å²) in [6, 6.07) is 12.2. The Bertz CT molecular complexity index is 293. The van der Waals surface area contributed by atoms with Crippen molar-refractivity contribution in [3.8, 4) is 0 Å². The Morgan fingerprint density at radius 3 is 2.53 bits per heavy atom. The molecule has 0 aromatic heterocycles. The zero-order valence-electron chi connectivity index (χ0n) is 9.74. The molecule has 1 aliphatic rings. The van der Waals surface area contributed by atoms with Gasteiger partial charge < -0.3 is 5.32 Å². The van der Waals surface area contributed by atoms with Gasteiger partial charge in [-0.15, -0.1) is 0 Å². The summed E-state index contributed by atoms with van der Waals surface area (Å²) in [5.41, 5.74) is 1.44. The van der Waals surface area contributed by atoms with Gasteiger partial charge in [-0.2, -0.15) is 0 Å². The van der Waals surface area contributed by atoms with Gasteiger partial charge in [-0.1, -0.05) is 50.6 Å². The second-order valence-electron chi connectivity index (χ2n) is 4.74. The topological polar surface area (TPSA) is 12.0 Å². The normalized spacial score (nSPS) is 26.3. The highest BCUT2D eigenvalue weighted by atomic mass is 15.0. The van der Waals surface area contributed by atoms with Gasteiger partial charge in [0.05, 0.1) is 0 Å². The highest BCUT2D eigenvalue weighted by molar-refractivity contribution is 5.19. The average molecular weight is 203 g/mol. The first-order chi connectivity index (χ1) is 7.31. The molecule has 0 heterocycles. The van der Waals surface area contributed by atoms with Crippen LogP contribution in [-0.4, -0.2) is 6.04 Å². The van der Waals surface area contributed by atoms with Crippen LogP contribution in [0.4, 0.5) is 0 Å². The van der Waals surface area contributed by atoms with Crippen LogP contribution in [0.5, 0.6) is 0 Å². The van der Waals surface area contributed by atoms with Gasteiger partial charge in [-0.25, -0.2) is 0 Å². The molecule has 3 unspecified atom stereocenters. The predicted molar refractivity (Wildman–Crippen MR) is 64.8 cm³/mol. The van der Waals surface area contributed by atoms with E-state index in [4.69, 9.17) is 0 Å². The molecule has 1 fully saturated rings. The van der Waals surface area contributed by atoms with Crippen molar-refractivity contribution in [2.24, 2.45) is 5.92 Å². The summed E-state index contributed by atoms with van der Waals surface area (Å²) in [6.07, 6.45) is 3.84. The van der Waals surface area contributed by atoms with Gasteiger partial charge in [-0.05, 0) is 24.3 Å². The van der Waals surface area contributed by atoms with Crippen molar-refractivity contribution in [1.29, 1.82) is 0 Å². The maximum Gasteiger partial charge on any atom is 0.0322 e. The molecule has 0 saturated heterocycles. The number of hydrogen-bond acceptors (Lipinski definition) is 1. The first kappa shape index (κ1) is 10.7. The monoisotopic (exact) mass is 203 g/mol. The van der Waals surface area contributed by atoms with Crippen LogP contribution in [0, 0.1) is 5.92 Å². The van der Waals surface area contributed by atoms with Crippen LogP contribution in [0.1, 0.15) is 44.7 Å². The molecule has 2 rings (SSSR count). The molecule has 1 nitrogen and oxygen atoms in total. The van der Waals surface area contributed by atoms with E-state index in [9.17, 15) is 0 Å². The molecule has 1 heteroatoms. The summed E-state index contributed by atoms with van der Waals surface area (Å²) in [5.74, 6) is 0.882.